The second-order valence-electron chi connectivity index (χ2n) is 4.21. The van der Waals surface area contributed by atoms with Crippen LogP contribution < -0.4 is 4.57 Å². The highest BCUT2D eigenvalue weighted by atomic mass is 14.9. The molecule has 1 nitrogen and oxygen atoms in total. The van der Waals surface area contributed by atoms with Gasteiger partial charge in [-0.25, -0.2) is 4.57 Å². The van der Waals surface area contributed by atoms with Gasteiger partial charge in [0.05, 0.1) is 1.37 Å². The molecule has 0 saturated heterocycles. The Hall–Kier alpha value is -1.63. The molecule has 2 rings (SSSR count). The Morgan fingerprint density at radius 2 is 1.75 bits per heavy atom. The van der Waals surface area contributed by atoms with Crippen LogP contribution in [0, 0.1) is 20.8 Å². The number of nitrogens with zero attached hydrogens (tertiary/aromatic N) is 1. The first kappa shape index (κ1) is 8.51. The fourth-order valence-corrected chi connectivity index (χ4v) is 2.15. The number of benzene rings is 1. The summed E-state index contributed by atoms with van der Waals surface area (Å²) < 4.78 is 18.1. The van der Waals surface area contributed by atoms with Gasteiger partial charge in [-0.15, -0.1) is 0 Å². The van der Waals surface area contributed by atoms with E-state index in [4.69, 9.17) is 2.74 Å². The van der Waals surface area contributed by atoms with E-state index in [0.717, 1.165) is 22.4 Å². The largest absolute Gasteiger partial charge is 0.215 e. The van der Waals surface area contributed by atoms with Gasteiger partial charge in [0, 0.05) is 16.7 Å². The van der Waals surface area contributed by atoms with Crippen molar-refractivity contribution in [2.24, 2.45) is 7.05 Å². The molecule has 0 aliphatic heterocycles. The van der Waals surface area contributed by atoms with E-state index in [-0.39, 0.29) is 0 Å². The van der Waals surface area contributed by atoms with Crippen molar-refractivity contribution in [1.29, 1.82) is 0 Å². The molecule has 0 amide bonds. The molecule has 1 aromatic heterocycles. The Bertz CT molecular complexity index is 589. The average molecular weight is 214 g/mol. The molecule has 0 atom stereocenters. The summed E-state index contributed by atoms with van der Waals surface area (Å²) in [5.41, 5.74) is 4.89. The van der Waals surface area contributed by atoms with Crippen LogP contribution >= 0.6 is 0 Å². The molecule has 0 unspecified atom stereocenters. The molecule has 0 fully saturated rings. The summed E-state index contributed by atoms with van der Waals surface area (Å²) in [4.78, 5) is 0. The monoisotopic (exact) mass is 214 g/mol. The fourth-order valence-electron chi connectivity index (χ4n) is 2.15. The molecule has 0 saturated carbocycles. The molecule has 0 radical (unpaired) electrons. The van der Waals surface area contributed by atoms with E-state index in [1.54, 1.807) is 0 Å². The molecular formula is C15H18N+. The summed E-state index contributed by atoms with van der Waals surface area (Å²) in [5, 5.41) is 0. The normalized spacial score (nSPS) is 12.2. The quantitative estimate of drug-likeness (QED) is 0.642. The second-order valence-corrected chi connectivity index (χ2v) is 4.21. The standard InChI is InChI=1S/C15H18N/c1-11-9-13(3)15(16(4)10-11)14-8-6-5-7-12(14)2/h5-10H,1-4H3/q+1/i9D,10D. The summed E-state index contributed by atoms with van der Waals surface area (Å²) >= 11 is 0. The zero-order valence-corrected chi connectivity index (χ0v) is 10.3. The minimum atomic E-state index is 0.406. The molecule has 2 aromatic rings. The molecular weight excluding hydrogens is 194 g/mol. The molecule has 0 spiro atoms. The van der Waals surface area contributed by atoms with Crippen molar-refractivity contribution in [3.63, 3.8) is 0 Å². The predicted molar refractivity (Wildman–Crippen MR) is 67.3 cm³/mol. The summed E-state index contributed by atoms with van der Waals surface area (Å²) in [6.07, 6.45) is 0.406. The Kier molecular flexibility index (Phi) is 2.18. The highest BCUT2D eigenvalue weighted by Gasteiger charge is 2.15. The summed E-state index contributed by atoms with van der Waals surface area (Å²) in [7, 11) is 1.89. The van der Waals surface area contributed by atoms with Crippen LogP contribution in [-0.2, 0) is 7.05 Å². The van der Waals surface area contributed by atoms with Crippen LogP contribution in [0.4, 0.5) is 0 Å². The molecule has 16 heavy (non-hydrogen) atoms. The lowest BCUT2D eigenvalue weighted by atomic mass is 10.0. The number of pyridine rings is 1. The number of rotatable bonds is 1. The Labute approximate surface area is 100 Å². The van der Waals surface area contributed by atoms with Crippen LogP contribution in [0.25, 0.3) is 11.3 Å². The van der Waals surface area contributed by atoms with Gasteiger partial charge in [-0.3, -0.25) is 0 Å². The topological polar surface area (TPSA) is 3.88 Å². The molecule has 0 aliphatic carbocycles. The third kappa shape index (κ3) is 1.85. The summed E-state index contributed by atoms with van der Waals surface area (Å²) in [5.74, 6) is 0. The zero-order valence-electron chi connectivity index (χ0n) is 12.3. The smallest absolute Gasteiger partial charge is 0.201 e. The Balaban J connectivity index is 2.85. The number of aryl methyl sites for hydroxylation is 1. The molecule has 0 bridgehead atoms. The van der Waals surface area contributed by atoms with E-state index in [1.165, 1.54) is 5.56 Å². The predicted octanol–water partition coefficient (Wildman–Crippen LogP) is 3.10. The molecule has 1 heterocycles. The van der Waals surface area contributed by atoms with Crippen molar-refractivity contribution in [3.05, 3.63) is 53.2 Å². The SMILES string of the molecule is [2H]c1c(C)c([2H])[n+](C)c(-c2ccccc2C)c1C. The molecule has 0 N–H and O–H groups in total. The number of hydrogen-bond donors (Lipinski definition) is 0. The number of aromatic nitrogens is 1. The lowest BCUT2D eigenvalue weighted by molar-refractivity contribution is -0.661. The van der Waals surface area contributed by atoms with E-state index in [9.17, 15) is 0 Å². The average Bonchev–Trinajstić information content (AvgIpc) is 2.36. The maximum Gasteiger partial charge on any atom is 0.215 e. The highest BCUT2D eigenvalue weighted by Crippen LogP contribution is 2.23. The van der Waals surface area contributed by atoms with Crippen LogP contribution in [-0.4, -0.2) is 0 Å². The minimum absolute atomic E-state index is 0.406. The van der Waals surface area contributed by atoms with E-state index in [0.29, 0.717) is 12.2 Å². The van der Waals surface area contributed by atoms with Crippen molar-refractivity contribution in [1.82, 2.24) is 0 Å². The lowest BCUT2D eigenvalue weighted by Crippen LogP contribution is -2.32. The molecule has 0 aliphatic rings. The minimum Gasteiger partial charge on any atom is -0.201 e. The summed E-state index contributed by atoms with van der Waals surface area (Å²) in [6.45, 7) is 5.84. The van der Waals surface area contributed by atoms with Crippen molar-refractivity contribution in [2.75, 3.05) is 0 Å². The van der Waals surface area contributed by atoms with Gasteiger partial charge < -0.3 is 0 Å². The fraction of sp³-hybridized carbons (Fsp3) is 0.267. The van der Waals surface area contributed by atoms with Gasteiger partial charge in [0.1, 0.15) is 8.42 Å². The maximum atomic E-state index is 8.11. The van der Waals surface area contributed by atoms with Crippen molar-refractivity contribution < 1.29 is 7.31 Å². The highest BCUT2D eigenvalue weighted by molar-refractivity contribution is 5.63. The van der Waals surface area contributed by atoms with Gasteiger partial charge in [0.15, 0.2) is 6.17 Å². The van der Waals surface area contributed by atoms with E-state index in [1.807, 2.05) is 43.7 Å². The summed E-state index contributed by atoms with van der Waals surface area (Å²) in [6, 6.07) is 8.57. The van der Waals surface area contributed by atoms with Crippen LogP contribution in [0.5, 0.6) is 0 Å². The maximum absolute atomic E-state index is 8.11. The van der Waals surface area contributed by atoms with Gasteiger partial charge in [-0.1, -0.05) is 18.2 Å². The first-order valence-corrected chi connectivity index (χ1v) is 5.47. The first-order valence-electron chi connectivity index (χ1n) is 6.47. The van der Waals surface area contributed by atoms with Gasteiger partial charge in [0.2, 0.25) is 5.69 Å². The second kappa shape index (κ2) is 4.09. The van der Waals surface area contributed by atoms with Gasteiger partial charge in [-0.05, 0) is 38.4 Å². The Morgan fingerprint density at radius 3 is 2.44 bits per heavy atom. The molecule has 82 valence electrons. The van der Waals surface area contributed by atoms with Gasteiger partial charge >= 0.3 is 0 Å². The third-order valence-corrected chi connectivity index (χ3v) is 2.80. The van der Waals surface area contributed by atoms with Crippen LogP contribution in [0.1, 0.15) is 19.4 Å². The van der Waals surface area contributed by atoms with Crippen molar-refractivity contribution >= 4 is 0 Å². The van der Waals surface area contributed by atoms with Crippen molar-refractivity contribution in [3.8, 4) is 11.3 Å². The lowest BCUT2D eigenvalue weighted by Gasteiger charge is -2.07. The van der Waals surface area contributed by atoms with E-state index in [2.05, 4.69) is 13.0 Å². The molecule has 1 aromatic carbocycles. The van der Waals surface area contributed by atoms with Crippen LogP contribution in [0.15, 0.2) is 36.5 Å². The first-order chi connectivity index (χ1) is 8.45. The van der Waals surface area contributed by atoms with Crippen LogP contribution in [0.2, 0.25) is 0 Å². The third-order valence-electron chi connectivity index (χ3n) is 2.80. The van der Waals surface area contributed by atoms with Gasteiger partial charge in [0.25, 0.3) is 0 Å². The molecule has 1 heteroatoms. The van der Waals surface area contributed by atoms with Crippen molar-refractivity contribution in [2.45, 2.75) is 20.8 Å². The van der Waals surface area contributed by atoms with E-state index >= 15 is 0 Å². The zero-order chi connectivity index (χ0) is 13.4. The van der Waals surface area contributed by atoms with Crippen LogP contribution in [0.3, 0.4) is 0 Å². The number of hydrogen-bond acceptors (Lipinski definition) is 0. The van der Waals surface area contributed by atoms with E-state index < -0.39 is 0 Å². The Morgan fingerprint density at radius 1 is 1.06 bits per heavy atom. The van der Waals surface area contributed by atoms with Gasteiger partial charge in [-0.2, -0.15) is 0 Å².